The molecule has 2 aromatic carbocycles. The van der Waals surface area contributed by atoms with E-state index < -0.39 is 41.0 Å². The largest absolute Gasteiger partial charge is 0.508 e. The molecule has 3 amide bonds. The van der Waals surface area contributed by atoms with E-state index in [2.05, 4.69) is 5.32 Å². The zero-order valence-corrected chi connectivity index (χ0v) is 21.1. The zero-order chi connectivity index (χ0) is 29.2. The number of phenolic OH excluding ortho intramolecular Hbond substituents is 1. The quantitative estimate of drug-likeness (QED) is 0.208. The normalized spacial score (nSPS) is 18.4. The van der Waals surface area contributed by atoms with Crippen molar-refractivity contribution in [2.24, 2.45) is 0 Å². The number of aromatic hydroxyl groups is 1. The topological polar surface area (TPSA) is 99.1 Å². The number of carbonyl (C=O) groups excluding carboxylic acids is 2. The molecule has 1 aliphatic heterocycles. The number of ether oxygens (including phenoxy) is 1. The summed E-state index contributed by atoms with van der Waals surface area (Å²) in [4.78, 5) is 26.4. The van der Waals surface area contributed by atoms with Crippen LogP contribution in [0.5, 0.6) is 11.5 Å². The average molecular weight is 563 g/mol. The summed E-state index contributed by atoms with van der Waals surface area (Å²) >= 11 is 0. The van der Waals surface area contributed by atoms with Crippen LogP contribution in [0.15, 0.2) is 42.5 Å². The van der Waals surface area contributed by atoms with E-state index in [1.807, 2.05) is 0 Å². The van der Waals surface area contributed by atoms with Gasteiger partial charge in [-0.25, -0.2) is 4.79 Å². The van der Waals surface area contributed by atoms with Crippen LogP contribution in [0.4, 0.5) is 31.1 Å². The second-order valence-electron chi connectivity index (χ2n) is 9.39. The third-order valence-electron chi connectivity index (χ3n) is 6.57. The highest BCUT2D eigenvalue weighted by atomic mass is 19.4. The van der Waals surface area contributed by atoms with Crippen LogP contribution in [0.2, 0.25) is 0 Å². The molecule has 39 heavy (non-hydrogen) atoms. The Kier molecular flexibility index (Phi) is 8.44. The Balaban J connectivity index is 1.64. The Bertz CT molecular complexity index is 1180. The Morgan fingerprint density at radius 2 is 1.59 bits per heavy atom. The molecule has 0 aromatic heterocycles. The summed E-state index contributed by atoms with van der Waals surface area (Å²) in [5.74, 6) is -0.409. The molecule has 7 nitrogen and oxygen atoms in total. The number of aliphatic hydroxyl groups is 1. The van der Waals surface area contributed by atoms with Gasteiger partial charge in [0.05, 0.1) is 6.61 Å². The minimum absolute atomic E-state index is 0.00380. The number of alkyl halides is 6. The number of hydrogen-bond acceptors (Lipinski definition) is 5. The summed E-state index contributed by atoms with van der Waals surface area (Å²) in [5.41, 5.74) is -7.14. The molecule has 0 aliphatic carbocycles. The average Bonchev–Trinajstić information content (AvgIpc) is 3.06. The number of halogens is 6. The number of benzene rings is 2. The van der Waals surface area contributed by atoms with Crippen molar-refractivity contribution in [1.82, 2.24) is 10.2 Å². The summed E-state index contributed by atoms with van der Waals surface area (Å²) in [5, 5.41) is 21.8. The Morgan fingerprint density at radius 1 is 0.974 bits per heavy atom. The number of amides is 3. The molecule has 1 fully saturated rings. The van der Waals surface area contributed by atoms with Crippen molar-refractivity contribution >= 4 is 11.9 Å². The number of imide groups is 1. The first-order valence-electron chi connectivity index (χ1n) is 12.1. The van der Waals surface area contributed by atoms with Gasteiger partial charge in [-0.05, 0) is 61.6 Å². The maximum atomic E-state index is 13.3. The molecule has 214 valence electrons. The fraction of sp³-hybridized carbons (Fsp3) is 0.462. The van der Waals surface area contributed by atoms with Gasteiger partial charge in [0.25, 0.3) is 11.5 Å². The van der Waals surface area contributed by atoms with E-state index in [-0.39, 0.29) is 36.6 Å². The van der Waals surface area contributed by atoms with Crippen LogP contribution in [0.3, 0.4) is 0 Å². The van der Waals surface area contributed by atoms with E-state index in [0.29, 0.717) is 37.0 Å². The first-order chi connectivity index (χ1) is 18.1. The highest BCUT2D eigenvalue weighted by Crippen LogP contribution is 2.50. The SMILES string of the molecule is CCCc1cc(C(O)(C(F)(F)F)C(F)(F)F)ccc1OCCCCN1C(=O)NC(C)(c2ccc(O)cc2)C1=O. The number of nitrogens with one attached hydrogen (secondary N) is 1. The van der Waals surface area contributed by atoms with Crippen molar-refractivity contribution in [1.29, 1.82) is 0 Å². The van der Waals surface area contributed by atoms with Crippen LogP contribution in [0, 0.1) is 0 Å². The van der Waals surface area contributed by atoms with Crippen LogP contribution in [-0.4, -0.2) is 52.6 Å². The zero-order valence-electron chi connectivity index (χ0n) is 21.1. The maximum Gasteiger partial charge on any atom is 0.430 e. The molecule has 0 spiro atoms. The van der Waals surface area contributed by atoms with Crippen molar-refractivity contribution in [3.05, 3.63) is 59.2 Å². The third kappa shape index (κ3) is 5.77. The summed E-state index contributed by atoms with van der Waals surface area (Å²) in [7, 11) is 0. The van der Waals surface area contributed by atoms with E-state index in [1.54, 1.807) is 13.8 Å². The molecule has 0 radical (unpaired) electrons. The van der Waals surface area contributed by atoms with Crippen molar-refractivity contribution in [2.75, 3.05) is 13.2 Å². The van der Waals surface area contributed by atoms with Gasteiger partial charge in [0, 0.05) is 12.1 Å². The number of aryl methyl sites for hydroxylation is 1. The molecule has 3 N–H and O–H groups in total. The minimum atomic E-state index is -5.99. The van der Waals surface area contributed by atoms with Gasteiger partial charge in [-0.3, -0.25) is 9.69 Å². The monoisotopic (exact) mass is 562 g/mol. The summed E-state index contributed by atoms with van der Waals surface area (Å²) in [6.45, 7) is 3.28. The number of phenols is 1. The molecule has 1 unspecified atom stereocenters. The summed E-state index contributed by atoms with van der Waals surface area (Å²) in [6, 6.07) is 7.38. The second kappa shape index (κ2) is 10.9. The van der Waals surface area contributed by atoms with Crippen molar-refractivity contribution in [3.8, 4) is 11.5 Å². The van der Waals surface area contributed by atoms with Crippen LogP contribution in [0.1, 0.15) is 49.8 Å². The van der Waals surface area contributed by atoms with E-state index in [9.17, 15) is 46.1 Å². The lowest BCUT2D eigenvalue weighted by molar-refractivity contribution is -0.376. The van der Waals surface area contributed by atoms with Gasteiger partial charge in [-0.15, -0.1) is 0 Å². The summed E-state index contributed by atoms with van der Waals surface area (Å²) < 4.78 is 85.2. The number of nitrogens with zero attached hydrogens (tertiary/aromatic N) is 1. The van der Waals surface area contributed by atoms with Crippen LogP contribution >= 0.6 is 0 Å². The number of carbonyl (C=O) groups is 2. The predicted molar refractivity (Wildman–Crippen MR) is 127 cm³/mol. The smallest absolute Gasteiger partial charge is 0.430 e. The van der Waals surface area contributed by atoms with Crippen molar-refractivity contribution < 1.29 is 50.9 Å². The highest BCUT2D eigenvalue weighted by molar-refractivity contribution is 6.07. The van der Waals surface area contributed by atoms with Crippen molar-refractivity contribution in [2.45, 2.75) is 63.0 Å². The molecular formula is C26H28F6N2O5. The molecule has 2 aromatic rings. The van der Waals surface area contributed by atoms with Crippen LogP contribution in [0.25, 0.3) is 0 Å². The van der Waals surface area contributed by atoms with E-state index in [0.717, 1.165) is 11.0 Å². The lowest BCUT2D eigenvalue weighted by Gasteiger charge is -2.33. The lowest BCUT2D eigenvalue weighted by atomic mass is 9.90. The van der Waals surface area contributed by atoms with Gasteiger partial charge in [-0.2, -0.15) is 26.3 Å². The fourth-order valence-corrected chi connectivity index (χ4v) is 4.34. The van der Waals surface area contributed by atoms with E-state index >= 15 is 0 Å². The van der Waals surface area contributed by atoms with Crippen molar-refractivity contribution in [3.63, 3.8) is 0 Å². The molecule has 0 saturated carbocycles. The van der Waals surface area contributed by atoms with Crippen LogP contribution in [-0.2, 0) is 22.4 Å². The molecule has 3 rings (SSSR count). The summed E-state index contributed by atoms with van der Waals surface area (Å²) in [6.07, 6.45) is -10.9. The van der Waals surface area contributed by atoms with E-state index in [4.69, 9.17) is 4.74 Å². The maximum absolute atomic E-state index is 13.3. The second-order valence-corrected chi connectivity index (χ2v) is 9.39. The predicted octanol–water partition coefficient (Wildman–Crippen LogP) is 5.28. The molecule has 1 heterocycles. The minimum Gasteiger partial charge on any atom is -0.508 e. The molecule has 13 heteroatoms. The molecule has 1 atom stereocenters. The first kappa shape index (κ1) is 30.1. The van der Waals surface area contributed by atoms with Crippen LogP contribution < -0.4 is 10.1 Å². The van der Waals surface area contributed by atoms with Gasteiger partial charge in [0.15, 0.2) is 0 Å². The highest BCUT2D eigenvalue weighted by Gasteiger charge is 2.71. The number of unbranched alkanes of at least 4 members (excludes halogenated alkanes) is 1. The molecule has 1 aliphatic rings. The number of hydrogen-bond donors (Lipinski definition) is 3. The van der Waals surface area contributed by atoms with Gasteiger partial charge in [0.2, 0.25) is 0 Å². The number of rotatable bonds is 10. The third-order valence-corrected chi connectivity index (χ3v) is 6.57. The Hall–Kier alpha value is -3.48. The lowest BCUT2D eigenvalue weighted by Crippen LogP contribution is -2.53. The molecule has 1 saturated heterocycles. The van der Waals surface area contributed by atoms with Gasteiger partial charge >= 0.3 is 18.4 Å². The number of urea groups is 1. The molecule has 0 bridgehead atoms. The van der Waals surface area contributed by atoms with E-state index in [1.165, 1.54) is 24.3 Å². The van der Waals surface area contributed by atoms with Gasteiger partial charge in [-0.1, -0.05) is 31.5 Å². The van der Waals surface area contributed by atoms with Gasteiger partial charge in [0.1, 0.15) is 17.0 Å². The standard InChI is InChI=1S/C26H28F6N2O5/c1-3-6-16-15-18(24(38,25(27,28)29)26(30,31)32)9-12-20(16)39-14-5-4-13-34-21(36)23(2,33-22(34)37)17-7-10-19(35)11-8-17/h7-12,15,35,38H,3-6,13-14H2,1-2H3,(H,33,37). The van der Waals surface area contributed by atoms with Gasteiger partial charge < -0.3 is 20.3 Å². The Morgan fingerprint density at radius 3 is 2.15 bits per heavy atom. The fourth-order valence-electron chi connectivity index (χ4n) is 4.34. The molecular weight excluding hydrogens is 534 g/mol. The first-order valence-corrected chi connectivity index (χ1v) is 12.1. The Labute approximate surface area is 220 Å².